The molecule has 0 aliphatic carbocycles. The molecule has 0 atom stereocenters. The number of carbonyl (C=O) groups is 1. The predicted octanol–water partition coefficient (Wildman–Crippen LogP) is 3.08. The Morgan fingerprint density at radius 1 is 0.944 bits per heavy atom. The zero-order valence-corrected chi connectivity index (χ0v) is 21.8. The quantitative estimate of drug-likeness (QED) is 0.444. The molecule has 1 heterocycles. The van der Waals surface area contributed by atoms with E-state index in [4.69, 9.17) is 4.74 Å². The predicted molar refractivity (Wildman–Crippen MR) is 139 cm³/mol. The van der Waals surface area contributed by atoms with Gasteiger partial charge in [-0.3, -0.25) is 9.10 Å². The van der Waals surface area contributed by atoms with Crippen molar-refractivity contribution in [1.82, 2.24) is 4.31 Å². The average molecular weight is 530 g/mol. The number of amides is 1. The first kappa shape index (κ1) is 25.7. The number of hydrogen-bond donors (Lipinski definition) is 0. The van der Waals surface area contributed by atoms with Crippen LogP contribution >= 0.6 is 0 Å². The van der Waals surface area contributed by atoms with Crippen LogP contribution in [0.3, 0.4) is 0 Å². The third kappa shape index (κ3) is 5.23. The van der Waals surface area contributed by atoms with Gasteiger partial charge in [-0.15, -0.1) is 0 Å². The zero-order chi connectivity index (χ0) is 26.1. The van der Waals surface area contributed by atoms with E-state index in [9.17, 15) is 21.6 Å². The van der Waals surface area contributed by atoms with Crippen LogP contribution in [0.5, 0.6) is 11.5 Å². The summed E-state index contributed by atoms with van der Waals surface area (Å²) in [6, 6.07) is 20.2. The number of ether oxygens (including phenoxy) is 1. The first-order valence-electron chi connectivity index (χ1n) is 11.1. The van der Waals surface area contributed by atoms with E-state index in [2.05, 4.69) is 0 Å². The van der Waals surface area contributed by atoms with Crippen molar-refractivity contribution in [3.8, 4) is 11.5 Å². The number of carbonyl (C=O) groups excluding carboxylic acids is 1. The molecule has 3 aromatic carbocycles. The summed E-state index contributed by atoms with van der Waals surface area (Å²) in [5.41, 5.74) is 1.52. The molecular weight excluding hydrogens is 502 g/mol. The van der Waals surface area contributed by atoms with Crippen molar-refractivity contribution in [2.24, 2.45) is 0 Å². The highest BCUT2D eigenvalue weighted by atomic mass is 32.2. The van der Waals surface area contributed by atoms with Gasteiger partial charge < -0.3 is 9.64 Å². The SMILES string of the molecule is CN(C)S(=O)(=O)c1ccc2c(c1)CCN2C(=O)CN(c1ccccc1Oc1ccccc1)S(C)(=O)=O. The molecule has 9 nitrogen and oxygen atoms in total. The third-order valence-corrected chi connectivity index (χ3v) is 8.75. The van der Waals surface area contributed by atoms with E-state index in [1.165, 1.54) is 25.1 Å². The molecule has 0 spiro atoms. The molecule has 0 radical (unpaired) electrons. The first-order chi connectivity index (χ1) is 17.0. The van der Waals surface area contributed by atoms with E-state index in [0.717, 1.165) is 14.9 Å². The van der Waals surface area contributed by atoms with Gasteiger partial charge in [-0.05, 0) is 54.4 Å². The van der Waals surface area contributed by atoms with Crippen molar-refractivity contribution < 1.29 is 26.4 Å². The molecule has 1 aliphatic rings. The fourth-order valence-electron chi connectivity index (χ4n) is 3.96. The van der Waals surface area contributed by atoms with Gasteiger partial charge in [-0.2, -0.15) is 0 Å². The Bertz CT molecular complexity index is 1490. The highest BCUT2D eigenvalue weighted by molar-refractivity contribution is 7.92. The van der Waals surface area contributed by atoms with E-state index in [0.29, 0.717) is 35.7 Å². The molecule has 3 aromatic rings. The lowest BCUT2D eigenvalue weighted by atomic mass is 10.2. The summed E-state index contributed by atoms with van der Waals surface area (Å²) in [6.07, 6.45) is 1.50. The summed E-state index contributed by atoms with van der Waals surface area (Å²) in [6.45, 7) is -0.120. The summed E-state index contributed by atoms with van der Waals surface area (Å²) in [5, 5.41) is 0. The largest absolute Gasteiger partial charge is 0.455 e. The summed E-state index contributed by atoms with van der Waals surface area (Å²) in [7, 11) is -4.55. The summed E-state index contributed by atoms with van der Waals surface area (Å²) in [4.78, 5) is 15.0. The van der Waals surface area contributed by atoms with Crippen LogP contribution in [0.4, 0.5) is 11.4 Å². The highest BCUT2D eigenvalue weighted by Crippen LogP contribution is 2.35. The normalized spacial score (nSPS) is 13.5. The van der Waals surface area contributed by atoms with Crippen molar-refractivity contribution >= 4 is 37.3 Å². The third-order valence-electron chi connectivity index (χ3n) is 5.81. The van der Waals surface area contributed by atoms with E-state index >= 15 is 0 Å². The Morgan fingerprint density at radius 3 is 2.28 bits per heavy atom. The lowest BCUT2D eigenvalue weighted by molar-refractivity contribution is -0.117. The van der Waals surface area contributed by atoms with Crippen LogP contribution in [-0.2, 0) is 31.3 Å². The maximum absolute atomic E-state index is 13.4. The number of rotatable bonds is 8. The lowest BCUT2D eigenvalue weighted by Gasteiger charge is -2.27. The highest BCUT2D eigenvalue weighted by Gasteiger charge is 2.31. The lowest BCUT2D eigenvalue weighted by Crippen LogP contribution is -2.42. The molecule has 0 saturated heterocycles. The molecule has 4 rings (SSSR count). The number of fused-ring (bicyclic) bond motifs is 1. The fourth-order valence-corrected chi connectivity index (χ4v) is 5.77. The van der Waals surface area contributed by atoms with Gasteiger partial charge in [0, 0.05) is 26.3 Å². The second kappa shape index (κ2) is 9.92. The molecule has 0 bridgehead atoms. The van der Waals surface area contributed by atoms with Crippen molar-refractivity contribution in [3.63, 3.8) is 0 Å². The van der Waals surface area contributed by atoms with Crippen molar-refractivity contribution in [2.75, 3.05) is 42.6 Å². The Morgan fingerprint density at radius 2 is 1.61 bits per heavy atom. The van der Waals surface area contributed by atoms with Crippen LogP contribution in [0.1, 0.15) is 5.56 Å². The van der Waals surface area contributed by atoms with Crippen molar-refractivity contribution in [1.29, 1.82) is 0 Å². The topological polar surface area (TPSA) is 104 Å². The molecule has 36 heavy (non-hydrogen) atoms. The fraction of sp³-hybridized carbons (Fsp3) is 0.240. The maximum Gasteiger partial charge on any atom is 0.247 e. The van der Waals surface area contributed by atoms with E-state index in [-0.39, 0.29) is 10.6 Å². The second-order valence-corrected chi connectivity index (χ2v) is 12.6. The molecule has 0 aromatic heterocycles. The van der Waals surface area contributed by atoms with Gasteiger partial charge in [0.2, 0.25) is 26.0 Å². The zero-order valence-electron chi connectivity index (χ0n) is 20.2. The van der Waals surface area contributed by atoms with Gasteiger partial charge in [-0.1, -0.05) is 30.3 Å². The molecule has 0 saturated carbocycles. The van der Waals surface area contributed by atoms with Gasteiger partial charge in [-0.25, -0.2) is 21.1 Å². The van der Waals surface area contributed by atoms with Crippen molar-refractivity contribution in [3.05, 3.63) is 78.4 Å². The Labute approximate surface area is 211 Å². The summed E-state index contributed by atoms with van der Waals surface area (Å²) in [5.74, 6) is 0.390. The maximum atomic E-state index is 13.4. The summed E-state index contributed by atoms with van der Waals surface area (Å²) < 4.78 is 58.6. The monoisotopic (exact) mass is 529 g/mol. The van der Waals surface area contributed by atoms with Crippen LogP contribution in [0, 0.1) is 0 Å². The van der Waals surface area contributed by atoms with Gasteiger partial charge in [0.05, 0.1) is 16.8 Å². The number of benzene rings is 3. The van der Waals surface area contributed by atoms with E-state index in [1.807, 2.05) is 6.07 Å². The van der Waals surface area contributed by atoms with E-state index < -0.39 is 32.5 Å². The van der Waals surface area contributed by atoms with E-state index in [1.54, 1.807) is 60.7 Å². The van der Waals surface area contributed by atoms with Crippen LogP contribution < -0.4 is 13.9 Å². The molecule has 1 aliphatic heterocycles. The number of para-hydroxylation sites is 3. The minimum absolute atomic E-state index is 0.144. The van der Waals surface area contributed by atoms with Gasteiger partial charge in [0.25, 0.3) is 0 Å². The standard InChI is InChI=1S/C25H27N3O6S2/c1-26(2)36(32,33)21-13-14-22-19(17-21)15-16-27(22)25(29)18-28(35(3,30)31)23-11-7-8-12-24(23)34-20-9-5-4-6-10-20/h4-14,17H,15-16,18H2,1-3H3. The molecule has 0 unspecified atom stereocenters. The molecule has 11 heteroatoms. The molecule has 0 N–H and O–H groups in total. The smallest absolute Gasteiger partial charge is 0.247 e. The number of nitrogens with zero attached hydrogens (tertiary/aromatic N) is 3. The van der Waals surface area contributed by atoms with Crippen LogP contribution in [0.15, 0.2) is 77.7 Å². The Balaban J connectivity index is 1.62. The van der Waals surface area contributed by atoms with Gasteiger partial charge in [0.1, 0.15) is 12.3 Å². The first-order valence-corrected chi connectivity index (χ1v) is 14.4. The summed E-state index contributed by atoms with van der Waals surface area (Å²) >= 11 is 0. The Kier molecular flexibility index (Phi) is 7.07. The molecule has 1 amide bonds. The minimum atomic E-state index is -3.85. The van der Waals surface area contributed by atoms with Crippen molar-refractivity contribution in [2.45, 2.75) is 11.3 Å². The molecule has 190 valence electrons. The van der Waals surface area contributed by atoms with Crippen LogP contribution in [0.25, 0.3) is 0 Å². The van der Waals surface area contributed by atoms with Crippen LogP contribution in [-0.4, -0.2) is 60.5 Å². The molecular formula is C25H27N3O6S2. The minimum Gasteiger partial charge on any atom is -0.455 e. The number of anilines is 2. The second-order valence-electron chi connectivity index (χ2n) is 8.53. The van der Waals surface area contributed by atoms with Crippen LogP contribution in [0.2, 0.25) is 0 Å². The Hall–Kier alpha value is -3.41. The molecule has 0 fully saturated rings. The average Bonchev–Trinajstić information content (AvgIpc) is 3.26. The number of hydrogen-bond acceptors (Lipinski definition) is 6. The van der Waals surface area contributed by atoms with Gasteiger partial charge in [0.15, 0.2) is 5.75 Å². The van der Waals surface area contributed by atoms with Gasteiger partial charge >= 0.3 is 0 Å². The number of sulfonamides is 2.